The lowest BCUT2D eigenvalue weighted by Crippen LogP contribution is -2.49. The Morgan fingerprint density at radius 3 is 2.35 bits per heavy atom. The maximum absolute atomic E-state index is 12.2. The molecule has 0 fully saturated rings. The van der Waals surface area contributed by atoms with E-state index in [4.69, 9.17) is 10.5 Å². The van der Waals surface area contributed by atoms with Gasteiger partial charge in [0.05, 0.1) is 7.11 Å². The molecule has 2 atom stereocenters. The molecule has 1 aromatic rings. The van der Waals surface area contributed by atoms with Crippen LogP contribution in [-0.2, 0) is 4.79 Å². The minimum atomic E-state index is -0.708. The average molecular weight is 279 g/mol. The number of methoxy groups -OCH3 is 1. The van der Waals surface area contributed by atoms with E-state index in [0.29, 0.717) is 11.4 Å². The highest BCUT2D eigenvalue weighted by atomic mass is 16.5. The molecular formula is C14H21N3O3. The van der Waals surface area contributed by atoms with E-state index in [1.807, 2.05) is 13.8 Å². The van der Waals surface area contributed by atoms with Crippen LogP contribution in [0.1, 0.15) is 20.3 Å². The molecule has 0 bridgehead atoms. The van der Waals surface area contributed by atoms with Crippen LogP contribution >= 0.6 is 0 Å². The van der Waals surface area contributed by atoms with Crippen molar-refractivity contribution in [3.63, 3.8) is 0 Å². The number of amides is 3. The van der Waals surface area contributed by atoms with Gasteiger partial charge in [-0.25, -0.2) is 4.79 Å². The molecule has 3 amide bonds. The predicted octanol–water partition coefficient (Wildman–Crippen LogP) is 1.72. The molecule has 0 saturated heterocycles. The first-order chi connectivity index (χ1) is 9.47. The van der Waals surface area contributed by atoms with Crippen LogP contribution < -0.4 is 21.1 Å². The van der Waals surface area contributed by atoms with Crippen molar-refractivity contribution in [3.05, 3.63) is 24.3 Å². The van der Waals surface area contributed by atoms with E-state index in [0.717, 1.165) is 6.42 Å². The lowest BCUT2D eigenvalue weighted by atomic mass is 9.98. The molecule has 110 valence electrons. The summed E-state index contributed by atoms with van der Waals surface area (Å²) in [7, 11) is 1.57. The van der Waals surface area contributed by atoms with Crippen LogP contribution in [0.25, 0.3) is 0 Å². The molecule has 0 aromatic heterocycles. The second-order valence-corrected chi connectivity index (χ2v) is 4.59. The first-order valence-corrected chi connectivity index (χ1v) is 6.48. The van der Waals surface area contributed by atoms with Crippen LogP contribution in [0, 0.1) is 5.92 Å². The van der Waals surface area contributed by atoms with Crippen molar-refractivity contribution in [3.8, 4) is 5.75 Å². The molecule has 0 spiro atoms. The molecule has 1 rings (SSSR count). The Morgan fingerprint density at radius 2 is 1.90 bits per heavy atom. The highest BCUT2D eigenvalue weighted by molar-refractivity contribution is 5.97. The third-order valence-corrected chi connectivity index (χ3v) is 3.15. The minimum Gasteiger partial charge on any atom is -0.497 e. The van der Waals surface area contributed by atoms with Gasteiger partial charge < -0.3 is 21.1 Å². The van der Waals surface area contributed by atoms with E-state index < -0.39 is 12.1 Å². The van der Waals surface area contributed by atoms with Crippen LogP contribution in [0.4, 0.5) is 10.5 Å². The molecule has 1 aromatic carbocycles. The fourth-order valence-corrected chi connectivity index (χ4v) is 1.75. The number of rotatable bonds is 6. The summed E-state index contributed by atoms with van der Waals surface area (Å²) >= 11 is 0. The fourth-order valence-electron chi connectivity index (χ4n) is 1.75. The Hall–Kier alpha value is -2.24. The van der Waals surface area contributed by atoms with E-state index >= 15 is 0 Å². The van der Waals surface area contributed by atoms with E-state index in [-0.39, 0.29) is 11.8 Å². The summed E-state index contributed by atoms with van der Waals surface area (Å²) < 4.78 is 5.04. The molecule has 0 aliphatic heterocycles. The highest BCUT2D eigenvalue weighted by Crippen LogP contribution is 2.16. The molecule has 6 heteroatoms. The smallest absolute Gasteiger partial charge is 0.312 e. The molecule has 4 N–H and O–H groups in total. The van der Waals surface area contributed by atoms with Gasteiger partial charge in [0.15, 0.2) is 0 Å². The van der Waals surface area contributed by atoms with Crippen molar-refractivity contribution in [2.24, 2.45) is 11.7 Å². The largest absolute Gasteiger partial charge is 0.497 e. The summed E-state index contributed by atoms with van der Waals surface area (Å²) in [5.74, 6) is 0.404. The second-order valence-electron chi connectivity index (χ2n) is 4.59. The van der Waals surface area contributed by atoms with Gasteiger partial charge in [-0.1, -0.05) is 20.3 Å². The van der Waals surface area contributed by atoms with E-state index in [2.05, 4.69) is 10.6 Å². The zero-order valence-corrected chi connectivity index (χ0v) is 12.0. The van der Waals surface area contributed by atoms with Crippen LogP contribution in [0.2, 0.25) is 0 Å². The molecule has 0 radical (unpaired) electrons. The van der Waals surface area contributed by atoms with E-state index in [1.165, 1.54) is 0 Å². The number of carbonyl (C=O) groups is 2. The van der Waals surface area contributed by atoms with Crippen LogP contribution in [0.5, 0.6) is 5.75 Å². The molecule has 0 saturated carbocycles. The lowest BCUT2D eigenvalue weighted by molar-refractivity contribution is -0.119. The number of primary amides is 1. The van der Waals surface area contributed by atoms with Gasteiger partial charge in [0, 0.05) is 5.69 Å². The molecule has 0 aliphatic carbocycles. The Balaban J connectivity index is 2.76. The number of ether oxygens (including phenoxy) is 1. The summed E-state index contributed by atoms with van der Waals surface area (Å²) in [5, 5.41) is 5.22. The maximum Gasteiger partial charge on any atom is 0.312 e. The van der Waals surface area contributed by atoms with Gasteiger partial charge in [0.2, 0.25) is 5.91 Å². The number of anilines is 1. The predicted molar refractivity (Wildman–Crippen MR) is 77.6 cm³/mol. The fraction of sp³-hybridized carbons (Fsp3) is 0.429. The van der Waals surface area contributed by atoms with Crippen molar-refractivity contribution in [2.45, 2.75) is 26.3 Å². The van der Waals surface area contributed by atoms with Gasteiger partial charge in [-0.15, -0.1) is 0 Å². The van der Waals surface area contributed by atoms with E-state index in [1.54, 1.807) is 31.4 Å². The number of urea groups is 1. The van der Waals surface area contributed by atoms with Gasteiger partial charge >= 0.3 is 6.03 Å². The van der Waals surface area contributed by atoms with Crippen molar-refractivity contribution in [1.29, 1.82) is 0 Å². The first kappa shape index (κ1) is 15.8. The molecule has 0 aliphatic rings. The number of nitrogens with one attached hydrogen (secondary N) is 2. The van der Waals surface area contributed by atoms with E-state index in [9.17, 15) is 9.59 Å². The molecular weight excluding hydrogens is 258 g/mol. The Morgan fingerprint density at radius 1 is 1.30 bits per heavy atom. The van der Waals surface area contributed by atoms with Gasteiger partial charge in [-0.3, -0.25) is 4.79 Å². The first-order valence-electron chi connectivity index (χ1n) is 6.48. The summed E-state index contributed by atoms with van der Waals surface area (Å²) in [4.78, 5) is 23.2. The number of benzene rings is 1. The van der Waals surface area contributed by atoms with Gasteiger partial charge in [0.25, 0.3) is 0 Å². The zero-order chi connectivity index (χ0) is 15.1. The minimum absolute atomic E-state index is 0.0132. The number of hydrogen-bond donors (Lipinski definition) is 3. The van der Waals surface area contributed by atoms with Crippen molar-refractivity contribution in [2.75, 3.05) is 12.4 Å². The van der Waals surface area contributed by atoms with Gasteiger partial charge in [-0.2, -0.15) is 0 Å². The highest BCUT2D eigenvalue weighted by Gasteiger charge is 2.25. The summed E-state index contributed by atoms with van der Waals surface area (Å²) in [6, 6.07) is 5.59. The van der Waals surface area contributed by atoms with Crippen molar-refractivity contribution in [1.82, 2.24) is 5.32 Å². The van der Waals surface area contributed by atoms with Gasteiger partial charge in [0.1, 0.15) is 11.8 Å². The molecule has 0 heterocycles. The number of nitrogens with two attached hydrogens (primary N) is 1. The van der Waals surface area contributed by atoms with Gasteiger partial charge in [-0.05, 0) is 30.2 Å². The van der Waals surface area contributed by atoms with Crippen LogP contribution in [0.15, 0.2) is 24.3 Å². The zero-order valence-electron chi connectivity index (χ0n) is 12.0. The third kappa shape index (κ3) is 4.46. The topological polar surface area (TPSA) is 93.5 Å². The standard InChI is InChI=1S/C14H21N3O3/c1-4-9(2)12(17-14(15)19)13(18)16-10-5-7-11(20-3)8-6-10/h5-9,12H,4H2,1-3H3,(H,16,18)(H3,15,17,19). The average Bonchev–Trinajstić information content (AvgIpc) is 2.44. The van der Waals surface area contributed by atoms with Crippen LogP contribution in [-0.4, -0.2) is 25.1 Å². The third-order valence-electron chi connectivity index (χ3n) is 3.15. The SMILES string of the molecule is CCC(C)C(NC(N)=O)C(=O)Nc1ccc(OC)cc1. The molecule has 2 unspecified atom stereocenters. The normalized spacial score (nSPS) is 13.2. The summed E-state index contributed by atoms with van der Waals surface area (Å²) in [6.45, 7) is 3.83. The monoisotopic (exact) mass is 279 g/mol. The van der Waals surface area contributed by atoms with Crippen molar-refractivity contribution < 1.29 is 14.3 Å². The summed E-state index contributed by atoms with van der Waals surface area (Å²) in [5.41, 5.74) is 5.74. The summed E-state index contributed by atoms with van der Waals surface area (Å²) in [6.07, 6.45) is 0.751. The number of carbonyl (C=O) groups excluding carboxylic acids is 2. The number of hydrogen-bond acceptors (Lipinski definition) is 3. The van der Waals surface area contributed by atoms with Crippen molar-refractivity contribution >= 4 is 17.6 Å². The Bertz CT molecular complexity index is 459. The Kier molecular flexibility index (Phi) is 5.83. The maximum atomic E-state index is 12.2. The lowest BCUT2D eigenvalue weighted by Gasteiger charge is -2.22. The molecule has 6 nitrogen and oxygen atoms in total. The Labute approximate surface area is 118 Å². The molecule has 20 heavy (non-hydrogen) atoms. The van der Waals surface area contributed by atoms with Crippen LogP contribution in [0.3, 0.4) is 0 Å². The quantitative estimate of drug-likeness (QED) is 0.740. The second kappa shape index (κ2) is 7.37.